The van der Waals surface area contributed by atoms with Crippen molar-refractivity contribution in [1.82, 2.24) is 5.32 Å². The summed E-state index contributed by atoms with van der Waals surface area (Å²) in [5.74, 6) is -0.575. The van der Waals surface area contributed by atoms with Gasteiger partial charge in [0.1, 0.15) is 0 Å². The number of anilines is 2. The van der Waals surface area contributed by atoms with Crippen molar-refractivity contribution >= 4 is 23.2 Å². The number of amides is 2. The van der Waals surface area contributed by atoms with Gasteiger partial charge in [0, 0.05) is 19.6 Å². The molecule has 1 saturated heterocycles. The number of nitrogens with zero attached hydrogens (tertiary/aromatic N) is 1. The fourth-order valence-corrected chi connectivity index (χ4v) is 3.44. The van der Waals surface area contributed by atoms with Crippen LogP contribution in [0.5, 0.6) is 0 Å². The fourth-order valence-electron chi connectivity index (χ4n) is 3.44. The van der Waals surface area contributed by atoms with Crippen molar-refractivity contribution in [2.75, 3.05) is 49.5 Å². The zero-order chi connectivity index (χ0) is 21.4. The summed E-state index contributed by atoms with van der Waals surface area (Å²) < 4.78 is 39.6. The second-order valence-electron chi connectivity index (χ2n) is 7.24. The molecule has 3 N–H and O–H groups in total. The number of carbonyl (C=O) groups excluding carboxylic acids is 2. The molecule has 1 aromatic rings. The molecule has 1 aliphatic heterocycles. The summed E-state index contributed by atoms with van der Waals surface area (Å²) in [5, 5.41) is 5.34. The molecule has 0 radical (unpaired) electrons. The molecule has 0 spiro atoms. The van der Waals surface area contributed by atoms with Crippen LogP contribution in [0.4, 0.5) is 24.5 Å². The molecular formula is C20H30F3N4O2+. The molecule has 29 heavy (non-hydrogen) atoms. The maximum absolute atomic E-state index is 13.2. The number of nitrogens with one attached hydrogen (secondary N) is 3. The minimum atomic E-state index is -4.49. The molecule has 2 rings (SSSR count). The lowest BCUT2D eigenvalue weighted by Gasteiger charge is -2.31. The third-order valence-corrected chi connectivity index (χ3v) is 4.99. The number of carbonyl (C=O) groups is 2. The Labute approximate surface area is 169 Å². The van der Waals surface area contributed by atoms with Gasteiger partial charge in [-0.05, 0) is 51.3 Å². The Hall–Kier alpha value is -2.29. The number of quaternary nitrogens is 1. The summed E-state index contributed by atoms with van der Waals surface area (Å²) in [6.45, 7) is 6.35. The van der Waals surface area contributed by atoms with Crippen LogP contribution in [-0.2, 0) is 15.8 Å². The predicted octanol–water partition coefficient (Wildman–Crippen LogP) is 1.68. The van der Waals surface area contributed by atoms with E-state index >= 15 is 0 Å². The SMILES string of the molecule is CCNC(=O)C[NH+](CC)CC(=O)Nc1cc(C(F)(F)F)ccc1N1CCCCC1. The number of hydrogen-bond donors (Lipinski definition) is 3. The molecule has 0 bridgehead atoms. The number of halogens is 3. The minimum absolute atomic E-state index is 0.00329. The normalized spacial score (nSPS) is 15.7. The molecule has 1 unspecified atom stereocenters. The van der Waals surface area contributed by atoms with Crippen LogP contribution in [0.2, 0.25) is 0 Å². The quantitative estimate of drug-likeness (QED) is 0.605. The number of likely N-dealkylation sites (N-methyl/N-ethyl adjacent to an activating group) is 2. The van der Waals surface area contributed by atoms with E-state index in [2.05, 4.69) is 10.6 Å². The van der Waals surface area contributed by atoms with Crippen LogP contribution >= 0.6 is 0 Å². The molecule has 1 fully saturated rings. The number of rotatable bonds is 8. The highest BCUT2D eigenvalue weighted by molar-refractivity contribution is 5.95. The van der Waals surface area contributed by atoms with Crippen molar-refractivity contribution in [2.24, 2.45) is 0 Å². The highest BCUT2D eigenvalue weighted by Crippen LogP contribution is 2.36. The van der Waals surface area contributed by atoms with Crippen LogP contribution in [0, 0.1) is 0 Å². The highest BCUT2D eigenvalue weighted by Gasteiger charge is 2.32. The molecule has 1 aliphatic rings. The maximum atomic E-state index is 13.2. The van der Waals surface area contributed by atoms with Crippen molar-refractivity contribution < 1.29 is 27.7 Å². The van der Waals surface area contributed by atoms with Gasteiger partial charge in [0.25, 0.3) is 11.8 Å². The Kier molecular flexibility index (Phi) is 8.31. The van der Waals surface area contributed by atoms with Gasteiger partial charge in [0.15, 0.2) is 13.1 Å². The van der Waals surface area contributed by atoms with E-state index in [1.54, 1.807) is 0 Å². The Morgan fingerprint density at radius 3 is 2.31 bits per heavy atom. The molecule has 0 aromatic heterocycles. The summed E-state index contributed by atoms with van der Waals surface area (Å²) in [7, 11) is 0. The summed E-state index contributed by atoms with van der Waals surface area (Å²) in [5.41, 5.74) is -0.0245. The molecule has 162 valence electrons. The van der Waals surface area contributed by atoms with E-state index in [0.717, 1.165) is 49.4 Å². The first-order valence-electron chi connectivity index (χ1n) is 10.1. The average molecular weight is 415 g/mol. The summed E-state index contributed by atoms with van der Waals surface area (Å²) in [6.07, 6.45) is -1.46. The van der Waals surface area contributed by atoms with Crippen LogP contribution < -0.4 is 20.4 Å². The molecule has 1 heterocycles. The lowest BCUT2D eigenvalue weighted by molar-refractivity contribution is -0.881. The Balaban J connectivity index is 2.17. The van der Waals surface area contributed by atoms with E-state index in [1.807, 2.05) is 18.7 Å². The first-order valence-corrected chi connectivity index (χ1v) is 10.1. The molecule has 1 aromatic carbocycles. The van der Waals surface area contributed by atoms with Crippen LogP contribution in [0.3, 0.4) is 0 Å². The summed E-state index contributed by atoms with van der Waals surface area (Å²) >= 11 is 0. The van der Waals surface area contributed by atoms with Gasteiger partial charge in [-0.15, -0.1) is 0 Å². The zero-order valence-electron chi connectivity index (χ0n) is 17.0. The molecule has 0 aliphatic carbocycles. The maximum Gasteiger partial charge on any atom is 0.416 e. The van der Waals surface area contributed by atoms with Gasteiger partial charge < -0.3 is 20.4 Å². The molecular weight excluding hydrogens is 385 g/mol. The molecule has 2 amide bonds. The van der Waals surface area contributed by atoms with Crippen LogP contribution in [0.15, 0.2) is 18.2 Å². The standard InChI is InChI=1S/C20H29F3N4O2/c1-3-24-18(28)13-26(4-2)14-19(29)25-16-12-15(20(21,22)23)8-9-17(16)27-10-6-5-7-11-27/h8-9,12H,3-7,10-11,13-14H2,1-2H3,(H,24,28)(H,25,29)/p+1. The summed E-state index contributed by atoms with van der Waals surface area (Å²) in [4.78, 5) is 27.1. The van der Waals surface area contributed by atoms with Crippen molar-refractivity contribution in [3.8, 4) is 0 Å². The Morgan fingerprint density at radius 1 is 1.07 bits per heavy atom. The predicted molar refractivity (Wildman–Crippen MR) is 106 cm³/mol. The number of piperidine rings is 1. The second-order valence-corrected chi connectivity index (χ2v) is 7.24. The third-order valence-electron chi connectivity index (χ3n) is 4.99. The van der Waals surface area contributed by atoms with E-state index in [0.29, 0.717) is 18.8 Å². The smallest absolute Gasteiger partial charge is 0.370 e. The second kappa shape index (κ2) is 10.5. The Bertz CT molecular complexity index is 703. The van der Waals surface area contributed by atoms with Crippen molar-refractivity contribution in [2.45, 2.75) is 39.3 Å². The summed E-state index contributed by atoms with van der Waals surface area (Å²) in [6, 6.07) is 3.48. The van der Waals surface area contributed by atoms with Crippen LogP contribution in [0.25, 0.3) is 0 Å². The first kappa shape index (κ1) is 23.0. The van der Waals surface area contributed by atoms with Gasteiger partial charge in [-0.2, -0.15) is 13.2 Å². The van der Waals surface area contributed by atoms with E-state index in [1.165, 1.54) is 6.07 Å². The van der Waals surface area contributed by atoms with Gasteiger partial charge in [-0.25, -0.2) is 0 Å². The largest absolute Gasteiger partial charge is 0.416 e. The van der Waals surface area contributed by atoms with Crippen molar-refractivity contribution in [3.63, 3.8) is 0 Å². The van der Waals surface area contributed by atoms with E-state index < -0.39 is 17.6 Å². The molecule has 6 nitrogen and oxygen atoms in total. The molecule has 9 heteroatoms. The number of alkyl halides is 3. The van der Waals surface area contributed by atoms with Gasteiger partial charge in [0.05, 0.1) is 23.5 Å². The van der Waals surface area contributed by atoms with Crippen LogP contribution in [-0.4, -0.2) is 51.1 Å². The van der Waals surface area contributed by atoms with Gasteiger partial charge in [0.2, 0.25) is 0 Å². The lowest BCUT2D eigenvalue weighted by atomic mass is 10.1. The number of benzene rings is 1. The van der Waals surface area contributed by atoms with Crippen molar-refractivity contribution in [1.29, 1.82) is 0 Å². The van der Waals surface area contributed by atoms with E-state index in [9.17, 15) is 22.8 Å². The minimum Gasteiger partial charge on any atom is -0.370 e. The average Bonchev–Trinajstić information content (AvgIpc) is 2.67. The van der Waals surface area contributed by atoms with E-state index in [-0.39, 0.29) is 24.7 Å². The van der Waals surface area contributed by atoms with E-state index in [4.69, 9.17) is 0 Å². The van der Waals surface area contributed by atoms with Gasteiger partial charge >= 0.3 is 6.18 Å². The lowest BCUT2D eigenvalue weighted by Crippen LogP contribution is -3.14. The third kappa shape index (κ3) is 6.92. The molecule has 1 atom stereocenters. The fraction of sp³-hybridized carbons (Fsp3) is 0.600. The monoisotopic (exact) mass is 415 g/mol. The number of hydrogen-bond acceptors (Lipinski definition) is 3. The van der Waals surface area contributed by atoms with Crippen molar-refractivity contribution in [3.05, 3.63) is 23.8 Å². The van der Waals surface area contributed by atoms with Gasteiger partial charge in [-0.1, -0.05) is 0 Å². The molecule has 0 saturated carbocycles. The highest BCUT2D eigenvalue weighted by atomic mass is 19.4. The Morgan fingerprint density at radius 2 is 1.72 bits per heavy atom. The van der Waals surface area contributed by atoms with Crippen LogP contribution in [0.1, 0.15) is 38.7 Å². The topological polar surface area (TPSA) is 65.9 Å². The zero-order valence-corrected chi connectivity index (χ0v) is 17.0. The first-order chi connectivity index (χ1) is 13.7. The van der Waals surface area contributed by atoms with Gasteiger partial charge in [-0.3, -0.25) is 9.59 Å².